The number of hydrogen-bond donors (Lipinski definition) is 0. The van der Waals surface area contributed by atoms with Crippen molar-refractivity contribution in [2.24, 2.45) is 5.92 Å². The topological polar surface area (TPSA) is 64.4 Å². The maximum atomic E-state index is 13.3. The minimum absolute atomic E-state index is 0.112. The zero-order chi connectivity index (χ0) is 19.3. The number of likely N-dealkylation sites (tertiary alicyclic amines) is 1. The van der Waals surface area contributed by atoms with Gasteiger partial charge < -0.3 is 9.64 Å². The van der Waals surface area contributed by atoms with Crippen LogP contribution in [0.3, 0.4) is 0 Å². The van der Waals surface area contributed by atoms with E-state index >= 15 is 0 Å². The molecule has 2 atom stereocenters. The molecule has 4 heterocycles. The summed E-state index contributed by atoms with van der Waals surface area (Å²) >= 11 is 1.70. The molecule has 1 amide bonds. The summed E-state index contributed by atoms with van der Waals surface area (Å²) < 4.78 is 7.38. The SMILES string of the molecule is C[C@@H]1CCc2c(sc3ncn(C4CCN(C(=O)[C@@H]5CCCO5)CC4)c(=O)c23)C1. The van der Waals surface area contributed by atoms with Crippen molar-refractivity contribution in [2.75, 3.05) is 19.7 Å². The normalized spacial score (nSPS) is 26.0. The standard InChI is InChI=1S/C21H27N3O3S/c1-13-4-5-15-17(11-13)28-19-18(15)21(26)24(12-22-19)14-6-8-23(9-7-14)20(25)16-3-2-10-27-16/h12-14,16H,2-11H2,1H3/t13-,16+/m1/s1. The van der Waals surface area contributed by atoms with Gasteiger partial charge in [0.1, 0.15) is 10.9 Å². The van der Waals surface area contributed by atoms with Crippen LogP contribution < -0.4 is 5.56 Å². The van der Waals surface area contributed by atoms with Crippen molar-refractivity contribution < 1.29 is 9.53 Å². The first-order valence-corrected chi connectivity index (χ1v) is 11.3. The molecule has 0 bridgehead atoms. The van der Waals surface area contributed by atoms with Crippen LogP contribution in [0.1, 0.15) is 55.5 Å². The first kappa shape index (κ1) is 18.3. The second-order valence-electron chi connectivity index (χ2n) is 8.55. The fraction of sp³-hybridized carbons (Fsp3) is 0.667. The molecule has 0 spiro atoms. The fourth-order valence-corrected chi connectivity index (χ4v) is 6.29. The van der Waals surface area contributed by atoms with Gasteiger partial charge in [0.05, 0.1) is 11.7 Å². The predicted octanol–water partition coefficient (Wildman–Crippen LogP) is 2.93. The molecule has 28 heavy (non-hydrogen) atoms. The van der Waals surface area contributed by atoms with Gasteiger partial charge in [0, 0.05) is 30.6 Å². The molecule has 1 aliphatic carbocycles. The molecule has 6 nitrogen and oxygen atoms in total. The van der Waals surface area contributed by atoms with Gasteiger partial charge in [-0.25, -0.2) is 4.98 Å². The highest BCUT2D eigenvalue weighted by Crippen LogP contribution is 2.36. The lowest BCUT2D eigenvalue weighted by Gasteiger charge is -2.34. The van der Waals surface area contributed by atoms with Crippen molar-refractivity contribution in [2.45, 2.75) is 64.0 Å². The van der Waals surface area contributed by atoms with Crippen molar-refractivity contribution in [1.29, 1.82) is 0 Å². The number of piperidine rings is 1. The molecule has 2 saturated heterocycles. The summed E-state index contributed by atoms with van der Waals surface area (Å²) in [4.78, 5) is 34.7. The number of carbonyl (C=O) groups excluding carboxylic acids is 1. The summed E-state index contributed by atoms with van der Waals surface area (Å²) in [5.41, 5.74) is 1.36. The van der Waals surface area contributed by atoms with E-state index in [2.05, 4.69) is 11.9 Å². The number of aryl methyl sites for hydroxylation is 1. The van der Waals surface area contributed by atoms with Crippen LogP contribution >= 0.6 is 11.3 Å². The quantitative estimate of drug-likeness (QED) is 0.776. The highest BCUT2D eigenvalue weighted by Gasteiger charge is 2.32. The summed E-state index contributed by atoms with van der Waals surface area (Å²) in [7, 11) is 0. The van der Waals surface area contributed by atoms with Crippen LogP contribution in [0, 0.1) is 5.92 Å². The van der Waals surface area contributed by atoms with E-state index in [1.54, 1.807) is 17.7 Å². The number of nitrogens with zero attached hydrogens (tertiary/aromatic N) is 3. The van der Waals surface area contributed by atoms with E-state index in [0.717, 1.165) is 55.2 Å². The second kappa shape index (κ2) is 7.26. The first-order valence-electron chi connectivity index (χ1n) is 10.5. The Kier molecular flexibility index (Phi) is 4.75. The Hall–Kier alpha value is -1.73. The van der Waals surface area contributed by atoms with Crippen molar-refractivity contribution in [1.82, 2.24) is 14.5 Å². The molecule has 150 valence electrons. The number of hydrogen-bond acceptors (Lipinski definition) is 5. The average molecular weight is 402 g/mol. The number of rotatable bonds is 2. The van der Waals surface area contributed by atoms with Crippen LogP contribution in [0.15, 0.2) is 11.1 Å². The van der Waals surface area contributed by atoms with Crippen molar-refractivity contribution >= 4 is 27.5 Å². The Morgan fingerprint density at radius 2 is 2.07 bits per heavy atom. The lowest BCUT2D eigenvalue weighted by Crippen LogP contribution is -2.45. The highest BCUT2D eigenvalue weighted by atomic mass is 32.1. The van der Waals surface area contributed by atoms with Crippen molar-refractivity contribution in [3.8, 4) is 0 Å². The maximum Gasteiger partial charge on any atom is 0.262 e. The van der Waals surface area contributed by atoms with Crippen LogP contribution in [0.4, 0.5) is 0 Å². The van der Waals surface area contributed by atoms with Crippen LogP contribution in [0.25, 0.3) is 10.2 Å². The van der Waals surface area contributed by atoms with Gasteiger partial charge in [-0.05, 0) is 56.4 Å². The number of ether oxygens (including phenoxy) is 1. The Bertz CT molecular complexity index is 952. The monoisotopic (exact) mass is 401 g/mol. The molecular weight excluding hydrogens is 374 g/mol. The molecule has 0 radical (unpaired) electrons. The molecule has 2 aromatic rings. The van der Waals surface area contributed by atoms with E-state index in [1.165, 1.54) is 10.4 Å². The summed E-state index contributed by atoms with van der Waals surface area (Å²) in [5, 5.41) is 0.854. The largest absolute Gasteiger partial charge is 0.368 e. The van der Waals surface area contributed by atoms with Gasteiger partial charge in [-0.1, -0.05) is 6.92 Å². The highest BCUT2D eigenvalue weighted by molar-refractivity contribution is 7.18. The molecule has 0 unspecified atom stereocenters. The van der Waals surface area contributed by atoms with Crippen molar-refractivity contribution in [3.05, 3.63) is 27.1 Å². The minimum atomic E-state index is -0.253. The third-order valence-electron chi connectivity index (χ3n) is 6.62. The third-order valence-corrected chi connectivity index (χ3v) is 7.78. The summed E-state index contributed by atoms with van der Waals surface area (Å²) in [6.07, 6.45) is 8.10. The molecule has 7 heteroatoms. The Labute approximate surface area is 168 Å². The predicted molar refractivity (Wildman–Crippen MR) is 109 cm³/mol. The molecule has 2 aliphatic heterocycles. The van der Waals surface area contributed by atoms with Gasteiger partial charge in [-0.3, -0.25) is 14.2 Å². The van der Waals surface area contributed by atoms with E-state index in [1.807, 2.05) is 9.47 Å². The molecule has 0 N–H and O–H groups in total. The lowest BCUT2D eigenvalue weighted by molar-refractivity contribution is -0.142. The number of thiophene rings is 1. The van der Waals surface area contributed by atoms with Gasteiger partial charge in [0.25, 0.3) is 11.5 Å². The van der Waals surface area contributed by atoms with E-state index in [-0.39, 0.29) is 23.6 Å². The molecule has 0 saturated carbocycles. The Balaban J connectivity index is 1.36. The van der Waals surface area contributed by atoms with Gasteiger partial charge in [0.2, 0.25) is 0 Å². The molecule has 3 aliphatic rings. The minimum Gasteiger partial charge on any atom is -0.368 e. The number of carbonyl (C=O) groups is 1. The third kappa shape index (κ3) is 3.08. The van der Waals surface area contributed by atoms with Gasteiger partial charge in [-0.2, -0.15) is 0 Å². The smallest absolute Gasteiger partial charge is 0.262 e. The van der Waals surface area contributed by atoms with Crippen LogP contribution in [-0.2, 0) is 22.4 Å². The molecular formula is C21H27N3O3S. The molecule has 2 fully saturated rings. The second-order valence-corrected chi connectivity index (χ2v) is 9.63. The van der Waals surface area contributed by atoms with Crippen LogP contribution in [-0.4, -0.2) is 46.2 Å². The van der Waals surface area contributed by atoms with E-state index in [0.29, 0.717) is 25.6 Å². The van der Waals surface area contributed by atoms with E-state index in [9.17, 15) is 9.59 Å². The fourth-order valence-electron chi connectivity index (χ4n) is 4.94. The van der Waals surface area contributed by atoms with Gasteiger partial charge >= 0.3 is 0 Å². The van der Waals surface area contributed by atoms with Gasteiger partial charge in [-0.15, -0.1) is 11.3 Å². The number of amides is 1. The van der Waals surface area contributed by atoms with Crippen molar-refractivity contribution in [3.63, 3.8) is 0 Å². The van der Waals surface area contributed by atoms with Gasteiger partial charge in [0.15, 0.2) is 0 Å². The first-order chi connectivity index (χ1) is 13.6. The van der Waals surface area contributed by atoms with Crippen LogP contribution in [0.2, 0.25) is 0 Å². The summed E-state index contributed by atoms with van der Waals surface area (Å²) in [6, 6.07) is 0.121. The average Bonchev–Trinajstić information content (AvgIpc) is 3.35. The Morgan fingerprint density at radius 1 is 1.25 bits per heavy atom. The summed E-state index contributed by atoms with van der Waals surface area (Å²) in [6.45, 7) is 4.35. The van der Waals surface area contributed by atoms with E-state index in [4.69, 9.17) is 4.74 Å². The van der Waals surface area contributed by atoms with E-state index < -0.39 is 0 Å². The molecule has 0 aromatic carbocycles. The molecule has 2 aromatic heterocycles. The van der Waals surface area contributed by atoms with Crippen LogP contribution in [0.5, 0.6) is 0 Å². The lowest BCUT2D eigenvalue weighted by atomic mass is 9.89. The Morgan fingerprint density at radius 3 is 2.82 bits per heavy atom. The number of aromatic nitrogens is 2. The molecule has 5 rings (SSSR count). The zero-order valence-corrected chi connectivity index (χ0v) is 17.2. The zero-order valence-electron chi connectivity index (χ0n) is 16.4. The maximum absolute atomic E-state index is 13.3. The number of fused-ring (bicyclic) bond motifs is 3. The summed E-state index contributed by atoms with van der Waals surface area (Å²) in [5.74, 6) is 0.811.